The molecule has 5 nitrogen and oxygen atoms in total. The number of rotatable bonds is 9. The van der Waals surface area contributed by atoms with E-state index in [1.54, 1.807) is 38.3 Å². The topological polar surface area (TPSA) is 61.8 Å². The van der Waals surface area contributed by atoms with Crippen molar-refractivity contribution in [1.29, 1.82) is 0 Å². The summed E-state index contributed by atoms with van der Waals surface area (Å²) in [5, 5.41) is 0. The Morgan fingerprint density at radius 3 is 2.12 bits per heavy atom. The lowest BCUT2D eigenvalue weighted by atomic mass is 10.2. The molecular weight excluding hydrogens is 352 g/mol. The monoisotopic (exact) mass is 378 g/mol. The second kappa shape index (κ2) is 9.16. The maximum Gasteiger partial charge on any atom is 0.297 e. The average molecular weight is 378 g/mol. The third kappa shape index (κ3) is 6.12. The van der Waals surface area contributed by atoms with Crippen molar-refractivity contribution >= 4 is 10.1 Å². The van der Waals surface area contributed by atoms with Gasteiger partial charge >= 0.3 is 0 Å². The summed E-state index contributed by atoms with van der Waals surface area (Å²) < 4.78 is 40.8. The highest BCUT2D eigenvalue weighted by Gasteiger charge is 2.20. The first-order valence-electron chi connectivity index (χ1n) is 8.54. The maximum absolute atomic E-state index is 12.3. The second-order valence-electron chi connectivity index (χ2n) is 6.38. The largest absolute Gasteiger partial charge is 0.497 e. The van der Waals surface area contributed by atoms with Gasteiger partial charge in [0.2, 0.25) is 0 Å². The molecule has 26 heavy (non-hydrogen) atoms. The van der Waals surface area contributed by atoms with Crippen LogP contribution in [0.3, 0.4) is 0 Å². The third-order valence-electron chi connectivity index (χ3n) is 3.96. The molecule has 2 aromatic rings. The van der Waals surface area contributed by atoms with Crippen LogP contribution in [0.1, 0.15) is 31.4 Å². The van der Waals surface area contributed by atoms with Gasteiger partial charge in [0.15, 0.2) is 0 Å². The Morgan fingerprint density at radius 2 is 1.54 bits per heavy atom. The molecule has 0 aliphatic rings. The molecule has 2 aromatic carbocycles. The van der Waals surface area contributed by atoms with Crippen molar-refractivity contribution in [2.24, 2.45) is 0 Å². The van der Waals surface area contributed by atoms with Crippen LogP contribution in [0, 0.1) is 6.92 Å². The first-order valence-corrected chi connectivity index (χ1v) is 9.95. The van der Waals surface area contributed by atoms with E-state index in [9.17, 15) is 8.42 Å². The highest BCUT2D eigenvalue weighted by atomic mass is 32.2. The van der Waals surface area contributed by atoms with Gasteiger partial charge in [0.05, 0.1) is 30.8 Å². The van der Waals surface area contributed by atoms with Gasteiger partial charge in [-0.25, -0.2) is 0 Å². The van der Waals surface area contributed by atoms with Gasteiger partial charge in [-0.15, -0.1) is 0 Å². The molecule has 2 rings (SSSR count). The zero-order chi connectivity index (χ0) is 19.2. The van der Waals surface area contributed by atoms with Gasteiger partial charge in [-0.2, -0.15) is 8.42 Å². The van der Waals surface area contributed by atoms with Gasteiger partial charge in [-0.05, 0) is 50.6 Å². The number of ether oxygens (including phenoxy) is 2. The zero-order valence-corrected chi connectivity index (χ0v) is 16.5. The van der Waals surface area contributed by atoms with E-state index < -0.39 is 16.2 Å². The fraction of sp³-hybridized carbons (Fsp3) is 0.400. The fourth-order valence-electron chi connectivity index (χ4n) is 2.51. The Hall–Kier alpha value is -1.89. The van der Waals surface area contributed by atoms with E-state index >= 15 is 0 Å². The SMILES string of the molecule is COc1ccc(CO[C@@H](C)C[C@H](C)OS(=O)(=O)c2ccc(C)cc2)cc1. The smallest absolute Gasteiger partial charge is 0.297 e. The molecule has 0 fully saturated rings. The van der Waals surface area contributed by atoms with Crippen molar-refractivity contribution in [3.05, 3.63) is 59.7 Å². The summed E-state index contributed by atoms with van der Waals surface area (Å²) in [4.78, 5) is 0.168. The molecule has 0 saturated heterocycles. The molecule has 2 atom stereocenters. The average Bonchev–Trinajstić information content (AvgIpc) is 2.60. The molecule has 0 radical (unpaired) electrons. The molecule has 0 aromatic heterocycles. The van der Waals surface area contributed by atoms with Crippen molar-refractivity contribution < 1.29 is 22.1 Å². The lowest BCUT2D eigenvalue weighted by Crippen LogP contribution is -2.21. The number of aryl methyl sites for hydroxylation is 1. The molecule has 0 saturated carbocycles. The summed E-state index contributed by atoms with van der Waals surface area (Å²) in [5.41, 5.74) is 2.02. The molecule has 0 amide bonds. The van der Waals surface area contributed by atoms with Gasteiger partial charge in [-0.1, -0.05) is 29.8 Å². The van der Waals surface area contributed by atoms with Crippen LogP contribution < -0.4 is 4.74 Å². The first kappa shape index (κ1) is 20.4. The van der Waals surface area contributed by atoms with Crippen molar-refractivity contribution in [2.45, 2.75) is 50.9 Å². The van der Waals surface area contributed by atoms with E-state index in [2.05, 4.69) is 0 Å². The van der Waals surface area contributed by atoms with E-state index in [1.807, 2.05) is 38.1 Å². The van der Waals surface area contributed by atoms with Crippen LogP contribution in [0.4, 0.5) is 0 Å². The van der Waals surface area contributed by atoms with Crippen molar-refractivity contribution in [3.63, 3.8) is 0 Å². The lowest BCUT2D eigenvalue weighted by Gasteiger charge is -2.18. The molecule has 142 valence electrons. The van der Waals surface area contributed by atoms with Crippen LogP contribution in [0.25, 0.3) is 0 Å². The zero-order valence-electron chi connectivity index (χ0n) is 15.6. The predicted octanol–water partition coefficient (Wildman–Crippen LogP) is 4.09. The van der Waals surface area contributed by atoms with Crippen LogP contribution in [-0.2, 0) is 25.6 Å². The third-order valence-corrected chi connectivity index (χ3v) is 5.39. The Morgan fingerprint density at radius 1 is 0.923 bits per heavy atom. The Bertz CT molecular complexity index is 782. The van der Waals surface area contributed by atoms with E-state index in [0.717, 1.165) is 16.9 Å². The summed E-state index contributed by atoms with van der Waals surface area (Å²) in [7, 11) is -2.14. The van der Waals surface area contributed by atoms with Crippen LogP contribution in [0.5, 0.6) is 5.75 Å². The molecule has 0 unspecified atom stereocenters. The highest BCUT2D eigenvalue weighted by Crippen LogP contribution is 2.18. The van der Waals surface area contributed by atoms with Crippen LogP contribution in [0.15, 0.2) is 53.4 Å². The van der Waals surface area contributed by atoms with Crippen molar-refractivity contribution in [3.8, 4) is 5.75 Å². The Labute approximate surface area is 156 Å². The minimum atomic E-state index is -3.77. The molecule has 6 heteroatoms. The molecule has 0 bridgehead atoms. The fourth-order valence-corrected chi connectivity index (χ4v) is 3.60. The number of hydrogen-bond acceptors (Lipinski definition) is 5. The Balaban J connectivity index is 1.83. The summed E-state index contributed by atoms with van der Waals surface area (Å²) in [6, 6.07) is 14.2. The quantitative estimate of drug-likeness (QED) is 0.615. The van der Waals surface area contributed by atoms with E-state index in [-0.39, 0.29) is 11.0 Å². The second-order valence-corrected chi connectivity index (χ2v) is 7.95. The molecule has 0 N–H and O–H groups in total. The van der Waals surface area contributed by atoms with Crippen molar-refractivity contribution in [1.82, 2.24) is 0 Å². The number of benzene rings is 2. The molecule has 0 aliphatic carbocycles. The minimum Gasteiger partial charge on any atom is -0.497 e. The number of hydrogen-bond donors (Lipinski definition) is 0. The Kier molecular flexibility index (Phi) is 7.20. The summed E-state index contributed by atoms with van der Waals surface area (Å²) in [6.07, 6.45) is -0.145. The minimum absolute atomic E-state index is 0.139. The summed E-state index contributed by atoms with van der Waals surface area (Å²) in [6.45, 7) is 5.99. The first-order chi connectivity index (χ1) is 12.3. The van der Waals surface area contributed by atoms with Crippen LogP contribution in [-0.4, -0.2) is 27.7 Å². The lowest BCUT2D eigenvalue weighted by molar-refractivity contribution is 0.0253. The van der Waals surface area contributed by atoms with Gasteiger partial charge in [-0.3, -0.25) is 4.18 Å². The molecule has 0 aliphatic heterocycles. The van der Waals surface area contributed by atoms with Gasteiger partial charge < -0.3 is 9.47 Å². The molecular formula is C20H26O5S. The van der Waals surface area contributed by atoms with Gasteiger partial charge in [0.1, 0.15) is 5.75 Å². The van der Waals surface area contributed by atoms with Crippen LogP contribution in [0.2, 0.25) is 0 Å². The van der Waals surface area contributed by atoms with E-state index in [4.69, 9.17) is 13.7 Å². The summed E-state index contributed by atoms with van der Waals surface area (Å²) >= 11 is 0. The molecule has 0 heterocycles. The van der Waals surface area contributed by atoms with Crippen molar-refractivity contribution in [2.75, 3.05) is 7.11 Å². The standard InChI is InChI=1S/C20H26O5S/c1-15-5-11-20(12-6-15)26(21,22)25-17(3)13-16(2)24-14-18-7-9-19(23-4)10-8-18/h5-12,16-17H,13-14H2,1-4H3/t16-,17-/m0/s1. The van der Waals surface area contributed by atoms with E-state index in [0.29, 0.717) is 13.0 Å². The van der Waals surface area contributed by atoms with Gasteiger partial charge in [0.25, 0.3) is 10.1 Å². The predicted molar refractivity (Wildman–Crippen MR) is 101 cm³/mol. The summed E-state index contributed by atoms with van der Waals surface area (Å²) in [5.74, 6) is 0.796. The highest BCUT2D eigenvalue weighted by molar-refractivity contribution is 7.86. The number of methoxy groups -OCH3 is 1. The molecule has 0 spiro atoms. The van der Waals surface area contributed by atoms with E-state index in [1.165, 1.54) is 0 Å². The van der Waals surface area contributed by atoms with Crippen LogP contribution >= 0.6 is 0 Å². The maximum atomic E-state index is 12.3. The van der Waals surface area contributed by atoms with Gasteiger partial charge in [0, 0.05) is 6.42 Å². The normalized spacial score (nSPS) is 14.0.